The third-order valence-corrected chi connectivity index (χ3v) is 3.83. The van der Waals surface area contributed by atoms with Crippen LogP contribution in [0.4, 0.5) is 0 Å². The summed E-state index contributed by atoms with van der Waals surface area (Å²) in [5.74, 6) is 1.06. The van der Waals surface area contributed by atoms with Crippen molar-refractivity contribution in [2.24, 2.45) is 5.92 Å². The SMILES string of the molecule is CCC1CC(=O)N(C2CCCCC2)C1. The summed E-state index contributed by atoms with van der Waals surface area (Å²) in [6.07, 6.45) is 8.50. The summed E-state index contributed by atoms with van der Waals surface area (Å²) in [6, 6.07) is 0.591. The van der Waals surface area contributed by atoms with Crippen LogP contribution in [0.3, 0.4) is 0 Å². The largest absolute Gasteiger partial charge is 0.339 e. The fourth-order valence-electron chi connectivity index (χ4n) is 2.83. The van der Waals surface area contributed by atoms with E-state index in [0.29, 0.717) is 17.9 Å². The number of carbonyl (C=O) groups excluding carboxylic acids is 1. The lowest BCUT2D eigenvalue weighted by Crippen LogP contribution is -2.37. The normalized spacial score (nSPS) is 29.9. The van der Waals surface area contributed by atoms with Crippen molar-refractivity contribution in [3.05, 3.63) is 0 Å². The molecule has 80 valence electrons. The maximum atomic E-state index is 11.8. The first kappa shape index (κ1) is 10.0. The highest BCUT2D eigenvalue weighted by Gasteiger charge is 2.33. The molecule has 1 aliphatic carbocycles. The van der Waals surface area contributed by atoms with Gasteiger partial charge in [-0.15, -0.1) is 0 Å². The number of hydrogen-bond donors (Lipinski definition) is 0. The van der Waals surface area contributed by atoms with Crippen LogP contribution >= 0.6 is 0 Å². The fraction of sp³-hybridized carbons (Fsp3) is 0.917. The zero-order valence-electron chi connectivity index (χ0n) is 9.17. The van der Waals surface area contributed by atoms with E-state index in [1.165, 1.54) is 32.1 Å². The van der Waals surface area contributed by atoms with Gasteiger partial charge in [-0.3, -0.25) is 4.79 Å². The second-order valence-electron chi connectivity index (χ2n) is 4.82. The average Bonchev–Trinajstić information content (AvgIpc) is 2.61. The van der Waals surface area contributed by atoms with Gasteiger partial charge in [0.1, 0.15) is 0 Å². The van der Waals surface area contributed by atoms with Crippen molar-refractivity contribution in [1.82, 2.24) is 4.90 Å². The molecular formula is C12H21NO. The summed E-state index contributed by atoms with van der Waals surface area (Å²) < 4.78 is 0. The Morgan fingerprint density at radius 3 is 2.57 bits per heavy atom. The number of hydrogen-bond acceptors (Lipinski definition) is 1. The number of likely N-dealkylation sites (tertiary alicyclic amines) is 1. The zero-order valence-corrected chi connectivity index (χ0v) is 9.17. The summed E-state index contributed by atoms with van der Waals surface area (Å²) in [7, 11) is 0. The maximum Gasteiger partial charge on any atom is 0.223 e. The standard InChI is InChI=1S/C12H21NO/c1-2-10-8-12(14)13(9-10)11-6-4-3-5-7-11/h10-11H,2-9H2,1H3. The van der Waals surface area contributed by atoms with E-state index in [0.717, 1.165) is 19.4 Å². The minimum absolute atomic E-state index is 0.420. The molecule has 2 rings (SSSR count). The van der Waals surface area contributed by atoms with E-state index in [9.17, 15) is 4.79 Å². The van der Waals surface area contributed by atoms with Crippen LogP contribution in [-0.2, 0) is 4.79 Å². The predicted octanol–water partition coefficient (Wildman–Crippen LogP) is 2.58. The van der Waals surface area contributed by atoms with Crippen LogP contribution < -0.4 is 0 Å². The molecule has 14 heavy (non-hydrogen) atoms. The van der Waals surface area contributed by atoms with Gasteiger partial charge >= 0.3 is 0 Å². The highest BCUT2D eigenvalue weighted by atomic mass is 16.2. The Balaban J connectivity index is 1.93. The molecule has 0 aromatic rings. The van der Waals surface area contributed by atoms with Crippen LogP contribution in [0.1, 0.15) is 51.9 Å². The van der Waals surface area contributed by atoms with Gasteiger partial charge < -0.3 is 4.90 Å². The van der Waals surface area contributed by atoms with E-state index in [2.05, 4.69) is 11.8 Å². The van der Waals surface area contributed by atoms with Crippen LogP contribution in [0.5, 0.6) is 0 Å². The van der Waals surface area contributed by atoms with Gasteiger partial charge in [0.05, 0.1) is 0 Å². The lowest BCUT2D eigenvalue weighted by molar-refractivity contribution is -0.130. The molecule has 0 N–H and O–H groups in total. The van der Waals surface area contributed by atoms with Crippen LogP contribution in [-0.4, -0.2) is 23.4 Å². The maximum absolute atomic E-state index is 11.8. The van der Waals surface area contributed by atoms with Gasteiger partial charge in [0.2, 0.25) is 5.91 Å². The van der Waals surface area contributed by atoms with Gasteiger partial charge in [-0.05, 0) is 18.8 Å². The first-order chi connectivity index (χ1) is 6.81. The van der Waals surface area contributed by atoms with Gasteiger partial charge in [0.15, 0.2) is 0 Å². The molecule has 1 aliphatic heterocycles. The average molecular weight is 195 g/mol. The molecule has 1 unspecified atom stereocenters. The molecule has 2 fully saturated rings. The Morgan fingerprint density at radius 2 is 2.00 bits per heavy atom. The molecule has 1 heterocycles. The zero-order chi connectivity index (χ0) is 9.97. The monoisotopic (exact) mass is 195 g/mol. The van der Waals surface area contributed by atoms with Crippen molar-refractivity contribution in [2.75, 3.05) is 6.54 Å². The Bertz CT molecular complexity index is 208. The lowest BCUT2D eigenvalue weighted by Gasteiger charge is -2.31. The van der Waals surface area contributed by atoms with Crippen molar-refractivity contribution in [2.45, 2.75) is 57.9 Å². The number of amides is 1. The molecule has 2 aliphatic rings. The highest BCUT2D eigenvalue weighted by Crippen LogP contribution is 2.29. The quantitative estimate of drug-likeness (QED) is 0.663. The number of nitrogens with zero attached hydrogens (tertiary/aromatic N) is 1. The van der Waals surface area contributed by atoms with E-state index in [-0.39, 0.29) is 0 Å². The van der Waals surface area contributed by atoms with Gasteiger partial charge in [-0.1, -0.05) is 32.6 Å². The van der Waals surface area contributed by atoms with Gasteiger partial charge in [0, 0.05) is 19.0 Å². The predicted molar refractivity (Wildman–Crippen MR) is 57.0 cm³/mol. The van der Waals surface area contributed by atoms with E-state index in [4.69, 9.17) is 0 Å². The molecule has 0 radical (unpaired) electrons. The Labute approximate surface area is 86.7 Å². The molecular weight excluding hydrogens is 174 g/mol. The van der Waals surface area contributed by atoms with E-state index < -0.39 is 0 Å². The Kier molecular flexibility index (Phi) is 3.09. The molecule has 0 aromatic carbocycles. The molecule has 2 heteroatoms. The molecule has 1 atom stereocenters. The first-order valence-corrected chi connectivity index (χ1v) is 6.10. The van der Waals surface area contributed by atoms with Crippen molar-refractivity contribution >= 4 is 5.91 Å². The molecule has 0 spiro atoms. The van der Waals surface area contributed by atoms with Crippen LogP contribution in [0, 0.1) is 5.92 Å². The third kappa shape index (κ3) is 1.94. The molecule has 1 saturated carbocycles. The molecule has 2 nitrogen and oxygen atoms in total. The highest BCUT2D eigenvalue weighted by molar-refractivity contribution is 5.79. The minimum atomic E-state index is 0.420. The lowest BCUT2D eigenvalue weighted by atomic mass is 9.94. The third-order valence-electron chi connectivity index (χ3n) is 3.83. The van der Waals surface area contributed by atoms with Crippen molar-refractivity contribution in [1.29, 1.82) is 0 Å². The first-order valence-electron chi connectivity index (χ1n) is 6.10. The second-order valence-corrected chi connectivity index (χ2v) is 4.82. The summed E-state index contributed by atoms with van der Waals surface area (Å²) in [5.41, 5.74) is 0. The van der Waals surface area contributed by atoms with Crippen LogP contribution in [0.25, 0.3) is 0 Å². The van der Waals surface area contributed by atoms with Gasteiger partial charge in [-0.2, -0.15) is 0 Å². The number of rotatable bonds is 2. The van der Waals surface area contributed by atoms with Gasteiger partial charge in [-0.25, -0.2) is 0 Å². The summed E-state index contributed by atoms with van der Waals surface area (Å²) in [5, 5.41) is 0. The van der Waals surface area contributed by atoms with Crippen LogP contribution in [0.2, 0.25) is 0 Å². The van der Waals surface area contributed by atoms with E-state index in [1.54, 1.807) is 0 Å². The Morgan fingerprint density at radius 1 is 1.29 bits per heavy atom. The minimum Gasteiger partial charge on any atom is -0.339 e. The van der Waals surface area contributed by atoms with E-state index in [1.807, 2.05) is 0 Å². The fourth-order valence-corrected chi connectivity index (χ4v) is 2.83. The summed E-state index contributed by atoms with van der Waals surface area (Å²) in [6.45, 7) is 3.24. The van der Waals surface area contributed by atoms with Gasteiger partial charge in [0.25, 0.3) is 0 Å². The summed E-state index contributed by atoms with van der Waals surface area (Å²) >= 11 is 0. The second kappa shape index (κ2) is 4.33. The van der Waals surface area contributed by atoms with Crippen molar-refractivity contribution in [3.8, 4) is 0 Å². The molecule has 1 saturated heterocycles. The molecule has 1 amide bonds. The topological polar surface area (TPSA) is 20.3 Å². The molecule has 0 aromatic heterocycles. The van der Waals surface area contributed by atoms with Crippen LogP contribution in [0.15, 0.2) is 0 Å². The van der Waals surface area contributed by atoms with Crippen molar-refractivity contribution < 1.29 is 4.79 Å². The number of carbonyl (C=O) groups is 1. The Hall–Kier alpha value is -0.530. The molecule has 0 bridgehead atoms. The van der Waals surface area contributed by atoms with E-state index >= 15 is 0 Å². The summed E-state index contributed by atoms with van der Waals surface area (Å²) in [4.78, 5) is 13.9. The van der Waals surface area contributed by atoms with Crippen molar-refractivity contribution in [3.63, 3.8) is 0 Å². The smallest absolute Gasteiger partial charge is 0.223 e.